The van der Waals surface area contributed by atoms with E-state index in [1.54, 1.807) is 7.05 Å². The van der Waals surface area contributed by atoms with E-state index in [1.165, 1.54) is 0 Å². The van der Waals surface area contributed by atoms with Gasteiger partial charge in [0.15, 0.2) is 0 Å². The zero-order chi connectivity index (χ0) is 14.0. The summed E-state index contributed by atoms with van der Waals surface area (Å²) < 4.78 is 0. The lowest BCUT2D eigenvalue weighted by molar-refractivity contribution is -0.115. The van der Waals surface area contributed by atoms with Gasteiger partial charge in [0.05, 0.1) is 17.6 Å². The standard InChI is InChI=1S/C14H20N4O/c1-14(2,3)13-17-10-6-5-9(7-11(10)18-13)16-12(19)8-15-4/h5-7,15H,8H2,1-4H3,(H,16,19)(H,17,18). The first-order chi connectivity index (χ1) is 8.90. The fourth-order valence-corrected chi connectivity index (χ4v) is 1.81. The van der Waals surface area contributed by atoms with Gasteiger partial charge < -0.3 is 15.6 Å². The van der Waals surface area contributed by atoms with Crippen LogP contribution in [0, 0.1) is 0 Å². The van der Waals surface area contributed by atoms with Crippen LogP contribution in [0.25, 0.3) is 11.0 Å². The molecule has 2 aromatic rings. The number of nitrogens with one attached hydrogen (secondary N) is 3. The smallest absolute Gasteiger partial charge is 0.238 e. The summed E-state index contributed by atoms with van der Waals surface area (Å²) in [6.07, 6.45) is 0. The van der Waals surface area contributed by atoms with E-state index in [4.69, 9.17) is 0 Å². The van der Waals surface area contributed by atoms with Gasteiger partial charge in [-0.1, -0.05) is 20.8 Å². The Morgan fingerprint density at radius 2 is 2.11 bits per heavy atom. The van der Waals surface area contributed by atoms with E-state index < -0.39 is 0 Å². The molecular weight excluding hydrogens is 240 g/mol. The first-order valence-corrected chi connectivity index (χ1v) is 6.35. The summed E-state index contributed by atoms with van der Waals surface area (Å²) in [7, 11) is 1.74. The Labute approximate surface area is 112 Å². The molecule has 0 aliphatic carbocycles. The van der Waals surface area contributed by atoms with Crippen molar-refractivity contribution in [3.8, 4) is 0 Å². The molecule has 19 heavy (non-hydrogen) atoms. The van der Waals surface area contributed by atoms with Crippen LogP contribution >= 0.6 is 0 Å². The van der Waals surface area contributed by atoms with Gasteiger partial charge in [0.25, 0.3) is 0 Å². The summed E-state index contributed by atoms with van der Waals surface area (Å²) >= 11 is 0. The Kier molecular flexibility index (Phi) is 3.57. The van der Waals surface area contributed by atoms with Crippen LogP contribution in [0.2, 0.25) is 0 Å². The molecular formula is C14H20N4O. The maximum atomic E-state index is 11.5. The Balaban J connectivity index is 2.28. The normalized spacial score (nSPS) is 11.8. The van der Waals surface area contributed by atoms with E-state index >= 15 is 0 Å². The first kappa shape index (κ1) is 13.5. The molecule has 0 bridgehead atoms. The number of fused-ring (bicyclic) bond motifs is 1. The monoisotopic (exact) mass is 260 g/mol. The maximum Gasteiger partial charge on any atom is 0.238 e. The van der Waals surface area contributed by atoms with Gasteiger partial charge in [-0.3, -0.25) is 4.79 Å². The van der Waals surface area contributed by atoms with Crippen molar-refractivity contribution >= 4 is 22.6 Å². The highest BCUT2D eigenvalue weighted by Crippen LogP contribution is 2.24. The minimum Gasteiger partial charge on any atom is -0.341 e. The van der Waals surface area contributed by atoms with Crippen LogP contribution in [0.15, 0.2) is 18.2 Å². The predicted octanol–water partition coefficient (Wildman–Crippen LogP) is 2.02. The summed E-state index contributed by atoms with van der Waals surface area (Å²) in [5, 5.41) is 5.65. The molecule has 0 aliphatic rings. The molecule has 0 spiro atoms. The van der Waals surface area contributed by atoms with Crippen molar-refractivity contribution in [1.29, 1.82) is 0 Å². The SMILES string of the molecule is CNCC(=O)Nc1ccc2nc(C(C)(C)C)[nH]c2c1. The number of aromatic amines is 1. The number of amides is 1. The Bertz CT molecular complexity index is 595. The van der Waals surface area contributed by atoms with Gasteiger partial charge in [-0.15, -0.1) is 0 Å². The van der Waals surface area contributed by atoms with E-state index in [9.17, 15) is 4.79 Å². The zero-order valence-corrected chi connectivity index (χ0v) is 11.8. The number of carbonyl (C=O) groups is 1. The number of hydrogen-bond donors (Lipinski definition) is 3. The lowest BCUT2D eigenvalue weighted by Crippen LogP contribution is -2.24. The van der Waals surface area contributed by atoms with Crippen molar-refractivity contribution in [3.05, 3.63) is 24.0 Å². The molecule has 0 atom stereocenters. The van der Waals surface area contributed by atoms with Crippen molar-refractivity contribution in [2.24, 2.45) is 0 Å². The molecule has 1 amide bonds. The molecule has 0 aliphatic heterocycles. The van der Waals surface area contributed by atoms with Gasteiger partial charge in [0, 0.05) is 11.1 Å². The van der Waals surface area contributed by atoms with Crippen molar-refractivity contribution < 1.29 is 4.79 Å². The van der Waals surface area contributed by atoms with Crippen LogP contribution in [0.3, 0.4) is 0 Å². The van der Waals surface area contributed by atoms with Crippen LogP contribution in [-0.2, 0) is 10.2 Å². The summed E-state index contributed by atoms with van der Waals surface area (Å²) in [6, 6.07) is 5.68. The summed E-state index contributed by atoms with van der Waals surface area (Å²) in [4.78, 5) is 19.4. The average Bonchev–Trinajstić information content (AvgIpc) is 2.71. The molecule has 3 N–H and O–H groups in total. The number of carbonyl (C=O) groups excluding carboxylic acids is 1. The van der Waals surface area contributed by atoms with Crippen LogP contribution in [0.1, 0.15) is 26.6 Å². The predicted molar refractivity (Wildman–Crippen MR) is 77.4 cm³/mol. The van der Waals surface area contributed by atoms with Gasteiger partial charge >= 0.3 is 0 Å². The Morgan fingerprint density at radius 3 is 2.74 bits per heavy atom. The number of hydrogen-bond acceptors (Lipinski definition) is 3. The molecule has 102 valence electrons. The molecule has 1 heterocycles. The van der Waals surface area contributed by atoms with Crippen molar-refractivity contribution in [2.45, 2.75) is 26.2 Å². The molecule has 0 radical (unpaired) electrons. The van der Waals surface area contributed by atoms with Crippen LogP contribution < -0.4 is 10.6 Å². The van der Waals surface area contributed by atoms with Crippen LogP contribution in [0.5, 0.6) is 0 Å². The quantitative estimate of drug-likeness (QED) is 0.790. The minimum atomic E-state index is -0.0580. The van der Waals surface area contributed by atoms with Crippen molar-refractivity contribution in [3.63, 3.8) is 0 Å². The highest BCUT2D eigenvalue weighted by Gasteiger charge is 2.18. The highest BCUT2D eigenvalue weighted by atomic mass is 16.1. The maximum absolute atomic E-state index is 11.5. The number of benzene rings is 1. The number of imidazole rings is 1. The molecule has 5 heteroatoms. The summed E-state index contributed by atoms with van der Waals surface area (Å²) in [5.41, 5.74) is 2.61. The van der Waals surface area contributed by atoms with Gasteiger partial charge in [0.2, 0.25) is 5.91 Å². The van der Waals surface area contributed by atoms with Crippen LogP contribution in [-0.4, -0.2) is 29.5 Å². The number of nitrogens with zero attached hydrogens (tertiary/aromatic N) is 1. The van der Waals surface area contributed by atoms with Gasteiger partial charge in [0.1, 0.15) is 5.82 Å². The first-order valence-electron chi connectivity index (χ1n) is 6.35. The number of aromatic nitrogens is 2. The van der Waals surface area contributed by atoms with Gasteiger partial charge in [-0.05, 0) is 25.2 Å². The molecule has 1 aromatic heterocycles. The number of anilines is 1. The third-order valence-corrected chi connectivity index (χ3v) is 2.81. The fourth-order valence-electron chi connectivity index (χ4n) is 1.81. The van der Waals surface area contributed by atoms with Crippen LogP contribution in [0.4, 0.5) is 5.69 Å². The topological polar surface area (TPSA) is 69.8 Å². The fraction of sp³-hybridized carbons (Fsp3) is 0.429. The third kappa shape index (κ3) is 3.12. The number of likely N-dealkylation sites (N-methyl/N-ethyl adjacent to an activating group) is 1. The summed E-state index contributed by atoms with van der Waals surface area (Å²) in [5.74, 6) is 0.888. The Hall–Kier alpha value is -1.88. The van der Waals surface area contributed by atoms with Gasteiger partial charge in [-0.2, -0.15) is 0 Å². The minimum absolute atomic E-state index is 0.0193. The summed E-state index contributed by atoms with van der Waals surface area (Å²) in [6.45, 7) is 6.63. The molecule has 0 saturated carbocycles. The van der Waals surface area contributed by atoms with E-state index in [0.29, 0.717) is 6.54 Å². The number of rotatable bonds is 3. The second-order valence-electron chi connectivity index (χ2n) is 5.65. The second-order valence-corrected chi connectivity index (χ2v) is 5.65. The van der Waals surface area contributed by atoms with E-state index in [0.717, 1.165) is 22.5 Å². The molecule has 0 fully saturated rings. The highest BCUT2D eigenvalue weighted by molar-refractivity contribution is 5.94. The van der Waals surface area contributed by atoms with Gasteiger partial charge in [-0.25, -0.2) is 4.98 Å². The molecule has 0 unspecified atom stereocenters. The largest absolute Gasteiger partial charge is 0.341 e. The van der Waals surface area contributed by atoms with E-state index in [2.05, 4.69) is 41.4 Å². The van der Waals surface area contributed by atoms with Crippen molar-refractivity contribution in [1.82, 2.24) is 15.3 Å². The molecule has 1 aromatic carbocycles. The van der Waals surface area contributed by atoms with E-state index in [1.807, 2.05) is 18.2 Å². The number of H-pyrrole nitrogens is 1. The second kappa shape index (κ2) is 5.01. The van der Waals surface area contributed by atoms with E-state index in [-0.39, 0.29) is 11.3 Å². The lowest BCUT2D eigenvalue weighted by atomic mass is 9.96. The molecule has 0 saturated heterocycles. The third-order valence-electron chi connectivity index (χ3n) is 2.81. The molecule has 5 nitrogen and oxygen atoms in total. The zero-order valence-electron chi connectivity index (χ0n) is 11.8. The van der Waals surface area contributed by atoms with Crippen molar-refractivity contribution in [2.75, 3.05) is 18.9 Å². The average molecular weight is 260 g/mol. The molecule has 2 rings (SSSR count). The Morgan fingerprint density at radius 1 is 1.37 bits per heavy atom. The lowest BCUT2D eigenvalue weighted by Gasteiger charge is -2.13.